The number of carbonyl (C=O) groups is 1. The van der Waals surface area contributed by atoms with E-state index in [1.54, 1.807) is 42.5 Å². The molecule has 1 atom stereocenters. The van der Waals surface area contributed by atoms with Crippen LogP contribution in [0.15, 0.2) is 59.5 Å². The molecular formula is C20H22N2O3S2. The van der Waals surface area contributed by atoms with Gasteiger partial charge in [-0.1, -0.05) is 25.1 Å². The van der Waals surface area contributed by atoms with E-state index >= 15 is 0 Å². The van der Waals surface area contributed by atoms with E-state index < -0.39 is 10.0 Å². The van der Waals surface area contributed by atoms with Gasteiger partial charge in [0.05, 0.1) is 15.5 Å². The van der Waals surface area contributed by atoms with Crippen LogP contribution >= 0.6 is 11.3 Å². The standard InChI is InChI=1S/C20H22N2O3S2/c1-4-14(2)21-20(23)19-13-15-12-16(10-11-18(15)26-19)22(3)27(24,25)17-8-6-5-7-9-17/h5-14H,4H2,1-3H3,(H,21,23)/t14-/m1/s1. The zero-order chi connectivity index (χ0) is 19.6. The van der Waals surface area contributed by atoms with Crippen molar-refractivity contribution in [2.24, 2.45) is 0 Å². The van der Waals surface area contributed by atoms with Gasteiger partial charge in [-0.2, -0.15) is 0 Å². The topological polar surface area (TPSA) is 66.5 Å². The van der Waals surface area contributed by atoms with Gasteiger partial charge in [0.1, 0.15) is 0 Å². The highest BCUT2D eigenvalue weighted by molar-refractivity contribution is 7.92. The van der Waals surface area contributed by atoms with E-state index in [2.05, 4.69) is 5.32 Å². The molecule has 0 unspecified atom stereocenters. The molecule has 1 amide bonds. The average molecular weight is 403 g/mol. The molecule has 0 aliphatic heterocycles. The molecule has 3 aromatic rings. The predicted octanol–water partition coefficient (Wildman–Crippen LogP) is 4.25. The summed E-state index contributed by atoms with van der Waals surface area (Å²) in [6, 6.07) is 15.7. The van der Waals surface area contributed by atoms with Gasteiger partial charge in [0.25, 0.3) is 15.9 Å². The number of fused-ring (bicyclic) bond motifs is 1. The molecule has 0 aliphatic rings. The van der Waals surface area contributed by atoms with E-state index in [1.165, 1.54) is 22.7 Å². The fourth-order valence-electron chi connectivity index (χ4n) is 2.62. The number of benzene rings is 2. The molecule has 0 radical (unpaired) electrons. The summed E-state index contributed by atoms with van der Waals surface area (Å²) in [5.74, 6) is -0.0997. The van der Waals surface area contributed by atoms with Crippen LogP contribution in [0.5, 0.6) is 0 Å². The van der Waals surface area contributed by atoms with E-state index in [4.69, 9.17) is 0 Å². The average Bonchev–Trinajstić information content (AvgIpc) is 3.11. The number of hydrogen-bond acceptors (Lipinski definition) is 4. The molecule has 0 bridgehead atoms. The summed E-state index contributed by atoms with van der Waals surface area (Å²) in [6.45, 7) is 3.98. The number of nitrogens with zero attached hydrogens (tertiary/aromatic N) is 1. The highest BCUT2D eigenvalue weighted by Crippen LogP contribution is 2.31. The minimum absolute atomic E-state index is 0.0997. The lowest BCUT2D eigenvalue weighted by atomic mass is 10.2. The van der Waals surface area contributed by atoms with Gasteiger partial charge in [0.2, 0.25) is 0 Å². The number of sulfonamides is 1. The summed E-state index contributed by atoms with van der Waals surface area (Å²) in [5, 5.41) is 3.80. The predicted molar refractivity (Wildman–Crippen MR) is 111 cm³/mol. The van der Waals surface area contributed by atoms with Crippen molar-refractivity contribution in [3.63, 3.8) is 0 Å². The number of rotatable bonds is 6. The lowest BCUT2D eigenvalue weighted by Crippen LogP contribution is -2.31. The smallest absolute Gasteiger partial charge is 0.264 e. The quantitative estimate of drug-likeness (QED) is 0.670. The maximum Gasteiger partial charge on any atom is 0.264 e. The first-order valence-electron chi connectivity index (χ1n) is 8.71. The molecule has 1 aromatic heterocycles. The van der Waals surface area contributed by atoms with Gasteiger partial charge in [-0.05, 0) is 55.1 Å². The van der Waals surface area contributed by atoms with Crippen LogP contribution in [0.1, 0.15) is 29.9 Å². The van der Waals surface area contributed by atoms with Crippen molar-refractivity contribution in [3.8, 4) is 0 Å². The second-order valence-corrected chi connectivity index (χ2v) is 9.45. The van der Waals surface area contributed by atoms with Crippen molar-refractivity contribution < 1.29 is 13.2 Å². The Balaban J connectivity index is 1.91. The molecule has 0 saturated carbocycles. The van der Waals surface area contributed by atoms with Gasteiger partial charge >= 0.3 is 0 Å². The minimum atomic E-state index is -3.63. The molecule has 1 heterocycles. The normalized spacial score (nSPS) is 12.7. The molecule has 2 aromatic carbocycles. The van der Waals surface area contributed by atoms with Crippen molar-refractivity contribution in [2.75, 3.05) is 11.4 Å². The monoisotopic (exact) mass is 402 g/mol. The van der Waals surface area contributed by atoms with Crippen molar-refractivity contribution in [1.82, 2.24) is 5.32 Å². The number of carbonyl (C=O) groups excluding carboxylic acids is 1. The third-order valence-electron chi connectivity index (χ3n) is 4.48. The Morgan fingerprint density at radius 1 is 1.15 bits per heavy atom. The molecule has 5 nitrogen and oxygen atoms in total. The molecule has 0 aliphatic carbocycles. The third-order valence-corrected chi connectivity index (χ3v) is 7.39. The second-order valence-electron chi connectivity index (χ2n) is 6.40. The Morgan fingerprint density at radius 3 is 2.52 bits per heavy atom. The van der Waals surface area contributed by atoms with Crippen LogP contribution in [0.4, 0.5) is 5.69 Å². The number of amides is 1. The number of anilines is 1. The molecule has 0 saturated heterocycles. The number of thiophene rings is 1. The lowest BCUT2D eigenvalue weighted by Gasteiger charge is -2.19. The Morgan fingerprint density at radius 2 is 1.85 bits per heavy atom. The molecule has 0 spiro atoms. The fourth-order valence-corrected chi connectivity index (χ4v) is 4.78. The molecule has 0 fully saturated rings. The van der Waals surface area contributed by atoms with Gasteiger partial charge in [0, 0.05) is 17.8 Å². The van der Waals surface area contributed by atoms with Crippen molar-refractivity contribution >= 4 is 43.0 Å². The van der Waals surface area contributed by atoms with Gasteiger partial charge in [0.15, 0.2) is 0 Å². The lowest BCUT2D eigenvalue weighted by molar-refractivity contribution is 0.0943. The van der Waals surface area contributed by atoms with Crippen LogP contribution in [0.2, 0.25) is 0 Å². The highest BCUT2D eigenvalue weighted by Gasteiger charge is 2.21. The minimum Gasteiger partial charge on any atom is -0.349 e. The highest BCUT2D eigenvalue weighted by atomic mass is 32.2. The molecule has 1 N–H and O–H groups in total. The molecule has 3 rings (SSSR count). The molecule has 142 valence electrons. The van der Waals surface area contributed by atoms with Gasteiger partial charge in [-0.3, -0.25) is 9.10 Å². The van der Waals surface area contributed by atoms with Crippen molar-refractivity contribution in [2.45, 2.75) is 31.2 Å². The first-order chi connectivity index (χ1) is 12.8. The maximum absolute atomic E-state index is 12.8. The third kappa shape index (κ3) is 3.99. The number of nitrogens with one attached hydrogen (secondary N) is 1. The zero-order valence-corrected chi connectivity index (χ0v) is 17.1. The van der Waals surface area contributed by atoms with E-state index in [1.807, 2.05) is 26.0 Å². The van der Waals surface area contributed by atoms with Gasteiger partial charge in [-0.25, -0.2) is 8.42 Å². The zero-order valence-electron chi connectivity index (χ0n) is 15.5. The van der Waals surface area contributed by atoms with Crippen LogP contribution in [0.3, 0.4) is 0 Å². The van der Waals surface area contributed by atoms with Crippen LogP contribution in [0.25, 0.3) is 10.1 Å². The van der Waals surface area contributed by atoms with Gasteiger partial charge in [-0.15, -0.1) is 11.3 Å². The summed E-state index contributed by atoms with van der Waals surface area (Å²) >= 11 is 1.40. The SMILES string of the molecule is CC[C@@H](C)NC(=O)c1cc2cc(N(C)S(=O)(=O)c3ccccc3)ccc2s1. The molecule has 27 heavy (non-hydrogen) atoms. The fraction of sp³-hybridized carbons (Fsp3) is 0.250. The van der Waals surface area contributed by atoms with Crippen molar-refractivity contribution in [1.29, 1.82) is 0 Å². The largest absolute Gasteiger partial charge is 0.349 e. The maximum atomic E-state index is 12.8. The van der Waals surface area contributed by atoms with Crippen LogP contribution in [-0.4, -0.2) is 27.4 Å². The molecule has 7 heteroatoms. The first kappa shape index (κ1) is 19.4. The van der Waals surface area contributed by atoms with E-state index in [0.717, 1.165) is 16.5 Å². The van der Waals surface area contributed by atoms with Crippen molar-refractivity contribution in [3.05, 3.63) is 59.5 Å². The summed E-state index contributed by atoms with van der Waals surface area (Å²) < 4.78 is 27.8. The van der Waals surface area contributed by atoms with E-state index in [-0.39, 0.29) is 16.8 Å². The van der Waals surface area contributed by atoms with E-state index in [9.17, 15) is 13.2 Å². The van der Waals surface area contributed by atoms with Crippen LogP contribution in [-0.2, 0) is 10.0 Å². The van der Waals surface area contributed by atoms with E-state index in [0.29, 0.717) is 10.6 Å². The summed E-state index contributed by atoms with van der Waals surface area (Å²) in [7, 11) is -2.10. The second kappa shape index (κ2) is 7.70. The Bertz CT molecular complexity index is 1060. The summed E-state index contributed by atoms with van der Waals surface area (Å²) in [4.78, 5) is 13.2. The van der Waals surface area contributed by atoms with Gasteiger partial charge < -0.3 is 5.32 Å². The summed E-state index contributed by atoms with van der Waals surface area (Å²) in [6.07, 6.45) is 0.864. The Labute approximate surface area is 163 Å². The molecular weight excluding hydrogens is 380 g/mol. The van der Waals surface area contributed by atoms with Crippen LogP contribution in [0, 0.1) is 0 Å². The summed E-state index contributed by atoms with van der Waals surface area (Å²) in [5.41, 5.74) is 0.554. The Hall–Kier alpha value is -2.38. The van der Waals surface area contributed by atoms with Crippen LogP contribution < -0.4 is 9.62 Å². The Kier molecular flexibility index (Phi) is 5.53. The first-order valence-corrected chi connectivity index (χ1v) is 11.0. The number of hydrogen-bond donors (Lipinski definition) is 1.